The molecule has 1 aliphatic carbocycles. The summed E-state index contributed by atoms with van der Waals surface area (Å²) in [4.78, 5) is 14.0. The average Bonchev–Trinajstić information content (AvgIpc) is 2.29. The number of carbonyl (C=O) groups excluding carboxylic acids is 1. The van der Waals surface area contributed by atoms with Crippen LogP contribution in [0.4, 0.5) is 0 Å². The van der Waals surface area contributed by atoms with Crippen LogP contribution in [-0.4, -0.2) is 50.1 Å². The first-order chi connectivity index (χ1) is 8.09. The fourth-order valence-electron chi connectivity index (χ4n) is 2.17. The average molecular weight is 241 g/mol. The van der Waals surface area contributed by atoms with Crippen molar-refractivity contribution in [3.05, 3.63) is 0 Å². The number of hydrogen-bond donors (Lipinski definition) is 2. The van der Waals surface area contributed by atoms with E-state index in [-0.39, 0.29) is 11.9 Å². The van der Waals surface area contributed by atoms with Crippen molar-refractivity contribution in [2.45, 2.75) is 51.1 Å². The van der Waals surface area contributed by atoms with E-state index in [9.17, 15) is 4.79 Å². The summed E-state index contributed by atoms with van der Waals surface area (Å²) in [5.41, 5.74) is 0. The van der Waals surface area contributed by atoms with E-state index in [1.54, 1.807) is 0 Å². The van der Waals surface area contributed by atoms with E-state index in [1.165, 1.54) is 19.3 Å². The van der Waals surface area contributed by atoms with Gasteiger partial charge in [0.05, 0.1) is 6.04 Å². The molecule has 1 aliphatic rings. The van der Waals surface area contributed by atoms with Gasteiger partial charge in [-0.25, -0.2) is 0 Å². The number of hydrogen-bond acceptors (Lipinski definition) is 3. The van der Waals surface area contributed by atoms with Gasteiger partial charge in [0.15, 0.2) is 0 Å². The molecule has 100 valence electrons. The van der Waals surface area contributed by atoms with Gasteiger partial charge in [-0.2, -0.15) is 0 Å². The van der Waals surface area contributed by atoms with Gasteiger partial charge < -0.3 is 15.5 Å². The molecule has 0 radical (unpaired) electrons. The predicted molar refractivity (Wildman–Crippen MR) is 71.0 cm³/mol. The number of likely N-dealkylation sites (N-methyl/N-ethyl adjacent to an activating group) is 1. The summed E-state index contributed by atoms with van der Waals surface area (Å²) in [5.74, 6) is 0.149. The summed E-state index contributed by atoms with van der Waals surface area (Å²) in [6.07, 6.45) is 6.14. The molecule has 0 heterocycles. The van der Waals surface area contributed by atoms with Crippen LogP contribution < -0.4 is 10.6 Å². The van der Waals surface area contributed by atoms with E-state index >= 15 is 0 Å². The zero-order valence-corrected chi connectivity index (χ0v) is 11.5. The largest absolute Gasteiger partial charge is 0.352 e. The first-order valence-electron chi connectivity index (χ1n) is 6.78. The number of carbonyl (C=O) groups is 1. The van der Waals surface area contributed by atoms with Crippen molar-refractivity contribution in [2.75, 3.05) is 27.2 Å². The van der Waals surface area contributed by atoms with Gasteiger partial charge in [0, 0.05) is 19.1 Å². The van der Waals surface area contributed by atoms with Gasteiger partial charge in [-0.3, -0.25) is 4.79 Å². The maximum absolute atomic E-state index is 11.9. The second-order valence-electron chi connectivity index (χ2n) is 5.32. The molecular weight excluding hydrogens is 214 g/mol. The molecule has 0 aromatic carbocycles. The maximum atomic E-state index is 11.9. The van der Waals surface area contributed by atoms with E-state index in [4.69, 9.17) is 0 Å². The number of nitrogens with one attached hydrogen (secondary N) is 2. The molecule has 0 spiro atoms. The Labute approximate surface area is 105 Å². The Hall–Kier alpha value is -0.610. The zero-order chi connectivity index (χ0) is 12.7. The molecule has 1 amide bonds. The van der Waals surface area contributed by atoms with E-state index in [0.29, 0.717) is 6.04 Å². The van der Waals surface area contributed by atoms with Gasteiger partial charge in [0.25, 0.3) is 0 Å². The topological polar surface area (TPSA) is 44.4 Å². The highest BCUT2D eigenvalue weighted by Gasteiger charge is 2.18. The highest BCUT2D eigenvalue weighted by Crippen LogP contribution is 2.17. The summed E-state index contributed by atoms with van der Waals surface area (Å²) in [7, 11) is 4.07. The van der Waals surface area contributed by atoms with Gasteiger partial charge in [-0.15, -0.1) is 0 Å². The number of amides is 1. The Kier molecular flexibility index (Phi) is 6.52. The van der Waals surface area contributed by atoms with E-state index in [1.807, 2.05) is 21.0 Å². The van der Waals surface area contributed by atoms with Crippen LogP contribution in [0.1, 0.15) is 39.0 Å². The first kappa shape index (κ1) is 14.5. The van der Waals surface area contributed by atoms with Crippen molar-refractivity contribution in [2.24, 2.45) is 0 Å². The molecular formula is C13H27N3O. The third-order valence-electron chi connectivity index (χ3n) is 3.35. The van der Waals surface area contributed by atoms with Crippen LogP contribution in [0, 0.1) is 0 Å². The van der Waals surface area contributed by atoms with E-state index in [0.717, 1.165) is 25.9 Å². The highest BCUT2D eigenvalue weighted by atomic mass is 16.2. The molecule has 0 aromatic rings. The predicted octanol–water partition coefficient (Wildman–Crippen LogP) is 0.975. The zero-order valence-electron chi connectivity index (χ0n) is 11.5. The lowest BCUT2D eigenvalue weighted by Gasteiger charge is -2.25. The van der Waals surface area contributed by atoms with Gasteiger partial charge in [-0.1, -0.05) is 19.3 Å². The first-order valence-corrected chi connectivity index (χ1v) is 6.78. The van der Waals surface area contributed by atoms with Crippen molar-refractivity contribution >= 4 is 5.91 Å². The smallest absolute Gasteiger partial charge is 0.237 e. The Balaban J connectivity index is 2.16. The van der Waals surface area contributed by atoms with Gasteiger partial charge in [0.1, 0.15) is 0 Å². The van der Waals surface area contributed by atoms with Crippen molar-refractivity contribution in [1.29, 1.82) is 0 Å². The van der Waals surface area contributed by atoms with Crippen LogP contribution in [0.5, 0.6) is 0 Å². The molecule has 1 unspecified atom stereocenters. The van der Waals surface area contributed by atoms with Crippen molar-refractivity contribution in [3.8, 4) is 0 Å². The summed E-state index contributed by atoms with van der Waals surface area (Å²) in [6.45, 7) is 3.75. The fraction of sp³-hybridized carbons (Fsp3) is 0.923. The summed E-state index contributed by atoms with van der Waals surface area (Å²) < 4.78 is 0. The second-order valence-corrected chi connectivity index (χ2v) is 5.32. The Bertz CT molecular complexity index is 225. The third kappa shape index (κ3) is 6.03. The number of nitrogens with zero attached hydrogens (tertiary/aromatic N) is 1. The molecule has 0 aliphatic heterocycles. The fourth-order valence-corrected chi connectivity index (χ4v) is 2.17. The minimum Gasteiger partial charge on any atom is -0.352 e. The maximum Gasteiger partial charge on any atom is 0.237 e. The van der Waals surface area contributed by atoms with Crippen LogP contribution >= 0.6 is 0 Å². The van der Waals surface area contributed by atoms with Gasteiger partial charge in [-0.05, 0) is 33.9 Å². The summed E-state index contributed by atoms with van der Waals surface area (Å²) in [6, 6.07) is 0.325. The minimum atomic E-state index is -0.0862. The van der Waals surface area contributed by atoms with Crippen LogP contribution in [-0.2, 0) is 4.79 Å². The molecule has 4 heteroatoms. The Morgan fingerprint density at radius 3 is 2.53 bits per heavy atom. The summed E-state index contributed by atoms with van der Waals surface area (Å²) >= 11 is 0. The minimum absolute atomic E-state index is 0.0862. The molecule has 0 saturated heterocycles. The van der Waals surface area contributed by atoms with Crippen molar-refractivity contribution in [1.82, 2.24) is 15.5 Å². The van der Waals surface area contributed by atoms with E-state index < -0.39 is 0 Å². The molecule has 1 fully saturated rings. The van der Waals surface area contributed by atoms with Crippen LogP contribution in [0.25, 0.3) is 0 Å². The van der Waals surface area contributed by atoms with Crippen LogP contribution in [0.2, 0.25) is 0 Å². The molecule has 0 aromatic heterocycles. The molecule has 1 saturated carbocycles. The quantitative estimate of drug-likeness (QED) is 0.728. The lowest BCUT2D eigenvalue weighted by atomic mass is 9.95. The molecule has 4 nitrogen and oxygen atoms in total. The molecule has 1 rings (SSSR count). The summed E-state index contributed by atoms with van der Waals surface area (Å²) in [5, 5.41) is 6.39. The van der Waals surface area contributed by atoms with Gasteiger partial charge >= 0.3 is 0 Å². The monoisotopic (exact) mass is 241 g/mol. The molecule has 1 atom stereocenters. The molecule has 17 heavy (non-hydrogen) atoms. The SMILES string of the molecule is CC(NCCN(C)C)C(=O)NC1CCCCC1. The standard InChI is InChI=1S/C13H27N3O/c1-11(14-9-10-16(2)3)13(17)15-12-7-5-4-6-8-12/h11-12,14H,4-10H2,1-3H3,(H,15,17). The lowest BCUT2D eigenvalue weighted by Crippen LogP contribution is -2.48. The van der Waals surface area contributed by atoms with Gasteiger partial charge in [0.2, 0.25) is 5.91 Å². The second kappa shape index (κ2) is 7.67. The molecule has 2 N–H and O–H groups in total. The van der Waals surface area contributed by atoms with Crippen molar-refractivity contribution in [3.63, 3.8) is 0 Å². The highest BCUT2D eigenvalue weighted by molar-refractivity contribution is 5.81. The van der Waals surface area contributed by atoms with E-state index in [2.05, 4.69) is 15.5 Å². The molecule has 0 bridgehead atoms. The van der Waals surface area contributed by atoms with Crippen molar-refractivity contribution < 1.29 is 4.79 Å². The van der Waals surface area contributed by atoms with Crippen LogP contribution in [0.15, 0.2) is 0 Å². The Morgan fingerprint density at radius 1 is 1.29 bits per heavy atom. The third-order valence-corrected chi connectivity index (χ3v) is 3.35. The Morgan fingerprint density at radius 2 is 1.94 bits per heavy atom. The normalized spacial score (nSPS) is 19.3. The number of rotatable bonds is 6. The lowest BCUT2D eigenvalue weighted by molar-refractivity contribution is -0.123. The van der Waals surface area contributed by atoms with Crippen LogP contribution in [0.3, 0.4) is 0 Å².